The third-order valence-electron chi connectivity index (χ3n) is 3.08. The van der Waals surface area contributed by atoms with Crippen LogP contribution >= 0.6 is 0 Å². The molecule has 0 radical (unpaired) electrons. The lowest BCUT2D eigenvalue weighted by atomic mass is 9.92. The van der Waals surface area contributed by atoms with Crippen molar-refractivity contribution >= 4 is 11.6 Å². The number of para-hydroxylation sites is 1. The van der Waals surface area contributed by atoms with E-state index in [9.17, 15) is 0 Å². The van der Waals surface area contributed by atoms with E-state index >= 15 is 0 Å². The lowest BCUT2D eigenvalue weighted by molar-refractivity contribution is 0.235. The first-order valence-electron chi connectivity index (χ1n) is 5.64. The number of aliphatic imine (C=N–C) groups is 1. The van der Waals surface area contributed by atoms with E-state index in [1.165, 1.54) is 19.3 Å². The Balaban J connectivity index is 2.11. The van der Waals surface area contributed by atoms with Crippen LogP contribution in [0.1, 0.15) is 19.3 Å². The van der Waals surface area contributed by atoms with Gasteiger partial charge in [-0.15, -0.1) is 0 Å². The molecule has 16 heavy (non-hydrogen) atoms. The molecule has 0 unspecified atom stereocenters. The van der Waals surface area contributed by atoms with Crippen LogP contribution in [0.5, 0.6) is 0 Å². The number of hydrogen-bond acceptors (Lipinski definition) is 2. The molecular weight excluding hydrogens is 200 g/mol. The van der Waals surface area contributed by atoms with Gasteiger partial charge < -0.3 is 4.90 Å². The van der Waals surface area contributed by atoms with Gasteiger partial charge in [0.15, 0.2) is 0 Å². The maximum atomic E-state index is 5.52. The number of nitrogens with two attached hydrogens (primary N) is 1. The Bertz CT molecular complexity index is 357. The van der Waals surface area contributed by atoms with Gasteiger partial charge in [-0.1, -0.05) is 18.2 Å². The molecule has 0 aliphatic heterocycles. The van der Waals surface area contributed by atoms with Crippen LogP contribution in [0.3, 0.4) is 0 Å². The molecule has 0 bridgehead atoms. The molecule has 3 N–H and O–H groups in total. The minimum absolute atomic E-state index is 0.582. The highest BCUT2D eigenvalue weighted by Crippen LogP contribution is 2.24. The maximum Gasteiger partial charge on any atom is 0.213 e. The Morgan fingerprint density at radius 1 is 1.38 bits per heavy atom. The molecule has 4 nitrogen and oxygen atoms in total. The van der Waals surface area contributed by atoms with Gasteiger partial charge >= 0.3 is 0 Å². The van der Waals surface area contributed by atoms with Gasteiger partial charge in [-0.25, -0.2) is 10.8 Å². The van der Waals surface area contributed by atoms with Gasteiger partial charge in [-0.3, -0.25) is 5.43 Å². The maximum absolute atomic E-state index is 5.52. The molecule has 0 amide bonds. The lowest BCUT2D eigenvalue weighted by Crippen LogP contribution is -2.49. The van der Waals surface area contributed by atoms with E-state index in [2.05, 4.69) is 15.3 Å². The Labute approximate surface area is 96.1 Å². The zero-order chi connectivity index (χ0) is 11.4. The topological polar surface area (TPSA) is 53.6 Å². The van der Waals surface area contributed by atoms with Crippen LogP contribution in [-0.2, 0) is 0 Å². The van der Waals surface area contributed by atoms with Crippen molar-refractivity contribution in [1.29, 1.82) is 0 Å². The fraction of sp³-hybridized carbons (Fsp3) is 0.417. The number of guanidine groups is 1. The molecule has 0 spiro atoms. The van der Waals surface area contributed by atoms with Gasteiger partial charge in [0.25, 0.3) is 0 Å². The van der Waals surface area contributed by atoms with Crippen molar-refractivity contribution in [3.05, 3.63) is 30.3 Å². The summed E-state index contributed by atoms with van der Waals surface area (Å²) in [6.45, 7) is 0. The Hall–Kier alpha value is -1.55. The first kappa shape index (κ1) is 11.0. The monoisotopic (exact) mass is 218 g/mol. The van der Waals surface area contributed by atoms with Crippen LogP contribution in [0.2, 0.25) is 0 Å². The fourth-order valence-electron chi connectivity index (χ4n) is 1.78. The average molecular weight is 218 g/mol. The summed E-state index contributed by atoms with van der Waals surface area (Å²) in [6.07, 6.45) is 3.76. The number of benzene rings is 1. The molecule has 1 aliphatic carbocycles. The number of rotatable bonds is 2. The van der Waals surface area contributed by atoms with Crippen LogP contribution < -0.4 is 11.3 Å². The molecule has 1 aromatic carbocycles. The Morgan fingerprint density at radius 3 is 2.56 bits per heavy atom. The highest BCUT2D eigenvalue weighted by atomic mass is 15.4. The smallest absolute Gasteiger partial charge is 0.213 e. The van der Waals surface area contributed by atoms with Crippen molar-refractivity contribution in [2.24, 2.45) is 10.8 Å². The van der Waals surface area contributed by atoms with Crippen LogP contribution in [0.4, 0.5) is 5.69 Å². The third kappa shape index (κ3) is 2.33. The molecule has 1 aromatic rings. The Kier molecular flexibility index (Phi) is 3.41. The standard InChI is InChI=1S/C12H18N4/c1-16(11-8-5-9-11)12(15-13)14-10-6-3-2-4-7-10/h2-4,6-7,11H,5,8-9,13H2,1H3,(H,14,15). The SMILES string of the molecule is CN(C(=Nc1ccccc1)NN)C1CCC1. The largest absolute Gasteiger partial charge is 0.342 e. The van der Waals surface area contributed by atoms with E-state index in [1.807, 2.05) is 37.4 Å². The van der Waals surface area contributed by atoms with Crippen molar-refractivity contribution in [2.45, 2.75) is 25.3 Å². The predicted molar refractivity (Wildman–Crippen MR) is 66.3 cm³/mol. The van der Waals surface area contributed by atoms with Crippen LogP contribution in [0, 0.1) is 0 Å². The highest BCUT2D eigenvalue weighted by molar-refractivity contribution is 5.82. The van der Waals surface area contributed by atoms with Gasteiger partial charge in [0.2, 0.25) is 5.96 Å². The molecule has 1 fully saturated rings. The van der Waals surface area contributed by atoms with E-state index in [0.29, 0.717) is 6.04 Å². The van der Waals surface area contributed by atoms with Crippen molar-refractivity contribution in [2.75, 3.05) is 7.05 Å². The minimum Gasteiger partial charge on any atom is -0.342 e. The molecule has 4 heteroatoms. The van der Waals surface area contributed by atoms with Crippen molar-refractivity contribution in [3.63, 3.8) is 0 Å². The fourth-order valence-corrected chi connectivity index (χ4v) is 1.78. The second-order valence-electron chi connectivity index (χ2n) is 4.11. The van der Waals surface area contributed by atoms with E-state index < -0.39 is 0 Å². The molecule has 0 atom stereocenters. The highest BCUT2D eigenvalue weighted by Gasteiger charge is 2.24. The molecule has 1 aliphatic rings. The molecule has 0 heterocycles. The summed E-state index contributed by atoms with van der Waals surface area (Å²) in [6, 6.07) is 10.4. The number of nitrogens with zero attached hydrogens (tertiary/aromatic N) is 2. The Morgan fingerprint density at radius 2 is 2.06 bits per heavy atom. The van der Waals surface area contributed by atoms with Crippen LogP contribution in [-0.4, -0.2) is 23.9 Å². The van der Waals surface area contributed by atoms with E-state index in [0.717, 1.165) is 11.6 Å². The van der Waals surface area contributed by atoms with Crippen LogP contribution in [0.25, 0.3) is 0 Å². The van der Waals surface area contributed by atoms with Gasteiger partial charge in [0.1, 0.15) is 0 Å². The summed E-state index contributed by atoms with van der Waals surface area (Å²) in [5.41, 5.74) is 3.59. The van der Waals surface area contributed by atoms with E-state index in [-0.39, 0.29) is 0 Å². The van der Waals surface area contributed by atoms with Crippen molar-refractivity contribution in [3.8, 4) is 0 Å². The summed E-state index contributed by atoms with van der Waals surface area (Å²) >= 11 is 0. The first-order valence-corrected chi connectivity index (χ1v) is 5.64. The number of hydrazine groups is 1. The zero-order valence-corrected chi connectivity index (χ0v) is 9.56. The van der Waals surface area contributed by atoms with Crippen molar-refractivity contribution < 1.29 is 0 Å². The second kappa shape index (κ2) is 4.99. The molecule has 1 saturated carbocycles. The van der Waals surface area contributed by atoms with Gasteiger partial charge in [-0.05, 0) is 31.4 Å². The molecule has 0 saturated heterocycles. The first-order chi connectivity index (χ1) is 7.81. The third-order valence-corrected chi connectivity index (χ3v) is 3.08. The summed E-state index contributed by atoms with van der Waals surface area (Å²) in [5.74, 6) is 6.25. The van der Waals surface area contributed by atoms with Gasteiger partial charge in [0, 0.05) is 13.1 Å². The van der Waals surface area contributed by atoms with Gasteiger partial charge in [0.05, 0.1) is 5.69 Å². The number of hydrogen-bond donors (Lipinski definition) is 2. The summed E-state index contributed by atoms with van der Waals surface area (Å²) in [7, 11) is 2.03. The predicted octanol–water partition coefficient (Wildman–Crippen LogP) is 1.62. The number of nitrogens with one attached hydrogen (secondary N) is 1. The minimum atomic E-state index is 0.582. The quantitative estimate of drug-likeness (QED) is 0.343. The molecule has 2 rings (SSSR count). The van der Waals surface area contributed by atoms with Crippen LogP contribution in [0.15, 0.2) is 35.3 Å². The molecule has 0 aromatic heterocycles. The van der Waals surface area contributed by atoms with Gasteiger partial charge in [-0.2, -0.15) is 0 Å². The summed E-state index contributed by atoms with van der Waals surface area (Å²) in [5, 5.41) is 0. The average Bonchev–Trinajstić information content (AvgIpc) is 2.25. The summed E-state index contributed by atoms with van der Waals surface area (Å²) in [4.78, 5) is 6.61. The zero-order valence-electron chi connectivity index (χ0n) is 9.56. The lowest BCUT2D eigenvalue weighted by Gasteiger charge is -2.36. The molecular formula is C12H18N4. The summed E-state index contributed by atoms with van der Waals surface area (Å²) < 4.78 is 0. The second-order valence-corrected chi connectivity index (χ2v) is 4.11. The molecule has 86 valence electrons. The van der Waals surface area contributed by atoms with E-state index in [4.69, 9.17) is 5.84 Å². The van der Waals surface area contributed by atoms with E-state index in [1.54, 1.807) is 0 Å². The van der Waals surface area contributed by atoms with Crippen molar-refractivity contribution in [1.82, 2.24) is 10.3 Å². The normalized spacial score (nSPS) is 16.8.